The normalized spacial score (nSPS) is 10.1. The van der Waals surface area contributed by atoms with Gasteiger partial charge in [-0.25, -0.2) is 0 Å². The highest BCUT2D eigenvalue weighted by Crippen LogP contribution is 2.05. The van der Waals surface area contributed by atoms with Gasteiger partial charge in [0.05, 0.1) is 5.69 Å². The third kappa shape index (κ3) is 4.26. The molecule has 82 valence electrons. The van der Waals surface area contributed by atoms with Crippen LogP contribution in [0.3, 0.4) is 0 Å². The smallest absolute Gasteiger partial charge is 0.0573 e. The Morgan fingerprint density at radius 3 is 2.93 bits per heavy atom. The number of aryl methyl sites for hydroxylation is 1. The highest BCUT2D eigenvalue weighted by molar-refractivity contribution is 5.19. The Morgan fingerprint density at radius 1 is 1.47 bits per heavy atom. The minimum atomic E-state index is 0.855. The zero-order valence-corrected chi connectivity index (χ0v) is 9.88. The van der Waals surface area contributed by atoms with Gasteiger partial charge in [0.15, 0.2) is 0 Å². The Bertz CT molecular complexity index is 325. The topological polar surface area (TPSA) is 24.9 Å². The van der Waals surface area contributed by atoms with Crippen molar-refractivity contribution in [1.82, 2.24) is 10.3 Å². The van der Waals surface area contributed by atoms with Crippen LogP contribution in [0.2, 0.25) is 0 Å². The van der Waals surface area contributed by atoms with E-state index in [1.54, 1.807) is 0 Å². The summed E-state index contributed by atoms with van der Waals surface area (Å²) in [4.78, 5) is 4.38. The van der Waals surface area contributed by atoms with E-state index in [9.17, 15) is 0 Å². The van der Waals surface area contributed by atoms with Gasteiger partial charge in [-0.05, 0) is 31.9 Å². The predicted octanol–water partition coefficient (Wildman–Crippen LogP) is 2.70. The lowest BCUT2D eigenvalue weighted by molar-refractivity contribution is 0.728. The Morgan fingerprint density at radius 2 is 2.27 bits per heavy atom. The molecule has 0 aliphatic rings. The summed E-state index contributed by atoms with van der Waals surface area (Å²) >= 11 is 0. The van der Waals surface area contributed by atoms with Crippen LogP contribution in [-0.4, -0.2) is 11.5 Å². The molecular formula is C13H20N2. The SMILES string of the molecule is CCc1cccnc1CNCC=C(C)C. The molecule has 1 aromatic rings. The van der Waals surface area contributed by atoms with Gasteiger partial charge >= 0.3 is 0 Å². The van der Waals surface area contributed by atoms with Crippen molar-refractivity contribution in [1.29, 1.82) is 0 Å². The molecule has 0 unspecified atom stereocenters. The molecule has 0 aliphatic heterocycles. The Hall–Kier alpha value is -1.15. The number of aromatic nitrogens is 1. The van der Waals surface area contributed by atoms with Gasteiger partial charge < -0.3 is 5.32 Å². The molecule has 2 nitrogen and oxygen atoms in total. The summed E-state index contributed by atoms with van der Waals surface area (Å²) in [5.41, 5.74) is 3.85. The number of rotatable bonds is 5. The number of nitrogens with zero attached hydrogens (tertiary/aromatic N) is 1. The standard InChI is InChI=1S/C13H20N2/c1-4-12-6-5-8-15-13(12)10-14-9-7-11(2)3/h5-8,14H,4,9-10H2,1-3H3. The van der Waals surface area contributed by atoms with E-state index in [0.29, 0.717) is 0 Å². The molecule has 0 fully saturated rings. The quantitative estimate of drug-likeness (QED) is 0.589. The van der Waals surface area contributed by atoms with Crippen LogP contribution in [0.15, 0.2) is 30.0 Å². The van der Waals surface area contributed by atoms with Gasteiger partial charge in [0, 0.05) is 19.3 Å². The molecule has 0 radical (unpaired) electrons. The van der Waals surface area contributed by atoms with Crippen LogP contribution in [0, 0.1) is 0 Å². The van der Waals surface area contributed by atoms with Crippen LogP contribution in [0.5, 0.6) is 0 Å². The number of hydrogen-bond acceptors (Lipinski definition) is 2. The average Bonchev–Trinajstić information content (AvgIpc) is 2.24. The fourth-order valence-corrected chi connectivity index (χ4v) is 1.42. The maximum Gasteiger partial charge on any atom is 0.0573 e. The molecule has 1 aromatic heterocycles. The minimum absolute atomic E-state index is 0.855. The molecule has 1 N–H and O–H groups in total. The van der Waals surface area contributed by atoms with Crippen molar-refractivity contribution < 1.29 is 0 Å². The fourth-order valence-electron chi connectivity index (χ4n) is 1.42. The van der Waals surface area contributed by atoms with Gasteiger partial charge in [0.1, 0.15) is 0 Å². The molecule has 1 heterocycles. The van der Waals surface area contributed by atoms with Crippen molar-refractivity contribution in [2.75, 3.05) is 6.54 Å². The molecular weight excluding hydrogens is 184 g/mol. The van der Waals surface area contributed by atoms with Gasteiger partial charge in [-0.1, -0.05) is 24.6 Å². The highest BCUT2D eigenvalue weighted by Gasteiger charge is 1.99. The van der Waals surface area contributed by atoms with E-state index in [-0.39, 0.29) is 0 Å². The average molecular weight is 204 g/mol. The van der Waals surface area contributed by atoms with Crippen LogP contribution in [-0.2, 0) is 13.0 Å². The summed E-state index contributed by atoms with van der Waals surface area (Å²) in [7, 11) is 0. The largest absolute Gasteiger partial charge is 0.308 e. The second-order valence-corrected chi connectivity index (χ2v) is 3.88. The van der Waals surface area contributed by atoms with Crippen molar-refractivity contribution in [3.05, 3.63) is 41.2 Å². The lowest BCUT2D eigenvalue weighted by Crippen LogP contribution is -2.15. The van der Waals surface area contributed by atoms with Gasteiger partial charge in [-0.15, -0.1) is 0 Å². The molecule has 15 heavy (non-hydrogen) atoms. The molecule has 0 saturated heterocycles. The van der Waals surface area contributed by atoms with E-state index in [2.05, 4.69) is 43.2 Å². The first-order valence-electron chi connectivity index (χ1n) is 5.51. The van der Waals surface area contributed by atoms with Crippen LogP contribution in [0.25, 0.3) is 0 Å². The lowest BCUT2D eigenvalue weighted by Gasteiger charge is -2.06. The third-order valence-electron chi connectivity index (χ3n) is 2.31. The monoisotopic (exact) mass is 204 g/mol. The number of nitrogens with one attached hydrogen (secondary N) is 1. The summed E-state index contributed by atoms with van der Waals surface area (Å²) < 4.78 is 0. The van der Waals surface area contributed by atoms with Gasteiger partial charge in [0.25, 0.3) is 0 Å². The third-order valence-corrected chi connectivity index (χ3v) is 2.31. The summed E-state index contributed by atoms with van der Waals surface area (Å²) in [6.45, 7) is 8.16. The second-order valence-electron chi connectivity index (χ2n) is 3.88. The highest BCUT2D eigenvalue weighted by atomic mass is 14.9. The second kappa shape index (κ2) is 6.36. The zero-order valence-electron chi connectivity index (χ0n) is 9.88. The molecule has 0 amide bonds. The molecule has 1 rings (SSSR count). The summed E-state index contributed by atoms with van der Waals surface area (Å²) in [5, 5.41) is 3.37. The van der Waals surface area contributed by atoms with E-state index in [0.717, 1.165) is 19.5 Å². The number of allylic oxidation sites excluding steroid dienone is 1. The predicted molar refractivity (Wildman–Crippen MR) is 64.8 cm³/mol. The number of hydrogen-bond donors (Lipinski definition) is 1. The summed E-state index contributed by atoms with van der Waals surface area (Å²) in [5.74, 6) is 0. The molecule has 0 spiro atoms. The van der Waals surface area contributed by atoms with Crippen LogP contribution >= 0.6 is 0 Å². The van der Waals surface area contributed by atoms with E-state index in [4.69, 9.17) is 0 Å². The van der Waals surface area contributed by atoms with E-state index >= 15 is 0 Å². The molecule has 0 atom stereocenters. The van der Waals surface area contributed by atoms with E-state index in [1.165, 1.54) is 16.8 Å². The molecule has 0 bridgehead atoms. The summed E-state index contributed by atoms with van der Waals surface area (Å²) in [6.07, 6.45) is 5.10. The van der Waals surface area contributed by atoms with Crippen molar-refractivity contribution in [3.63, 3.8) is 0 Å². The summed E-state index contributed by atoms with van der Waals surface area (Å²) in [6, 6.07) is 4.14. The first-order valence-corrected chi connectivity index (χ1v) is 5.51. The Balaban J connectivity index is 2.46. The van der Waals surface area contributed by atoms with Crippen LogP contribution < -0.4 is 5.32 Å². The van der Waals surface area contributed by atoms with Crippen molar-refractivity contribution in [2.24, 2.45) is 0 Å². The van der Waals surface area contributed by atoms with Crippen LogP contribution in [0.4, 0.5) is 0 Å². The van der Waals surface area contributed by atoms with E-state index in [1.807, 2.05) is 12.3 Å². The maximum atomic E-state index is 4.38. The molecule has 0 saturated carbocycles. The van der Waals surface area contributed by atoms with Gasteiger partial charge in [-0.2, -0.15) is 0 Å². The minimum Gasteiger partial charge on any atom is -0.308 e. The maximum absolute atomic E-state index is 4.38. The lowest BCUT2D eigenvalue weighted by atomic mass is 10.1. The molecule has 0 aromatic carbocycles. The van der Waals surface area contributed by atoms with Crippen molar-refractivity contribution >= 4 is 0 Å². The first-order chi connectivity index (χ1) is 7.24. The first kappa shape index (κ1) is 11.9. The van der Waals surface area contributed by atoms with Crippen LogP contribution in [0.1, 0.15) is 32.0 Å². The van der Waals surface area contributed by atoms with E-state index < -0.39 is 0 Å². The Kier molecular flexibility index (Phi) is 5.05. The van der Waals surface area contributed by atoms with Gasteiger partial charge in [0.2, 0.25) is 0 Å². The molecule has 0 aliphatic carbocycles. The zero-order chi connectivity index (χ0) is 11.1. The number of pyridine rings is 1. The van der Waals surface area contributed by atoms with Gasteiger partial charge in [-0.3, -0.25) is 4.98 Å². The van der Waals surface area contributed by atoms with Crippen molar-refractivity contribution in [3.8, 4) is 0 Å². The van der Waals surface area contributed by atoms with Crippen molar-refractivity contribution in [2.45, 2.75) is 33.7 Å². The molecule has 2 heteroatoms. The fraction of sp³-hybridized carbons (Fsp3) is 0.462. The Labute approximate surface area is 92.4 Å².